The van der Waals surface area contributed by atoms with Gasteiger partial charge in [0.1, 0.15) is 0 Å². The Morgan fingerprint density at radius 1 is 1.25 bits per heavy atom. The molecule has 0 aromatic rings. The summed E-state index contributed by atoms with van der Waals surface area (Å²) in [5, 5.41) is 9.71. The molecule has 0 saturated heterocycles. The van der Waals surface area contributed by atoms with Gasteiger partial charge in [-0.25, -0.2) is 0 Å². The first kappa shape index (κ1) is 11.7. The van der Waals surface area contributed by atoms with Gasteiger partial charge < -0.3 is 5.11 Å². The number of hydrogen-bond acceptors (Lipinski definition) is 1. The Bertz CT molecular complexity index is 129. The van der Waals surface area contributed by atoms with Gasteiger partial charge in [0.2, 0.25) is 0 Å². The summed E-state index contributed by atoms with van der Waals surface area (Å²) in [5.41, 5.74) is 0. The highest BCUT2D eigenvalue weighted by atomic mass is 16.3. The third kappa shape index (κ3) is 3.91. The van der Waals surface area contributed by atoms with Crippen molar-refractivity contribution in [2.45, 2.75) is 40.2 Å². The number of aliphatic hydroxyl groups excluding tert-OH is 1. The fourth-order valence-electron chi connectivity index (χ4n) is 1.48. The molecule has 0 rings (SSSR count). The lowest BCUT2D eigenvalue weighted by molar-refractivity contribution is 0.0644. The second-order valence-corrected chi connectivity index (χ2v) is 4.16. The van der Waals surface area contributed by atoms with E-state index in [0.717, 1.165) is 6.42 Å². The molecular weight excluding hydrogens is 148 g/mol. The lowest BCUT2D eigenvalue weighted by Crippen LogP contribution is -2.24. The van der Waals surface area contributed by atoms with Crippen LogP contribution in [-0.4, -0.2) is 11.2 Å². The van der Waals surface area contributed by atoms with Gasteiger partial charge in [-0.05, 0) is 24.2 Å². The van der Waals surface area contributed by atoms with Crippen molar-refractivity contribution in [1.82, 2.24) is 0 Å². The largest absolute Gasteiger partial charge is 0.393 e. The Morgan fingerprint density at radius 3 is 2.08 bits per heavy atom. The number of rotatable bonds is 5. The van der Waals surface area contributed by atoms with Crippen molar-refractivity contribution in [3.8, 4) is 0 Å². The summed E-state index contributed by atoms with van der Waals surface area (Å²) < 4.78 is 0. The highest BCUT2D eigenvalue weighted by Gasteiger charge is 2.18. The summed E-state index contributed by atoms with van der Waals surface area (Å²) in [5.74, 6) is 1.24. The van der Waals surface area contributed by atoms with E-state index in [1.165, 1.54) is 0 Å². The molecule has 12 heavy (non-hydrogen) atoms. The molecule has 3 atom stereocenters. The van der Waals surface area contributed by atoms with Gasteiger partial charge in [0.15, 0.2) is 0 Å². The van der Waals surface area contributed by atoms with Crippen LogP contribution < -0.4 is 0 Å². The van der Waals surface area contributed by atoms with E-state index in [4.69, 9.17) is 0 Å². The van der Waals surface area contributed by atoms with Crippen molar-refractivity contribution < 1.29 is 5.11 Å². The number of hydrogen-bond donors (Lipinski definition) is 1. The summed E-state index contributed by atoms with van der Waals surface area (Å²) in [7, 11) is 0. The fraction of sp³-hybridized carbons (Fsp3) is 0.818. The average Bonchev–Trinajstić information content (AvgIpc) is 2.02. The van der Waals surface area contributed by atoms with E-state index in [1.807, 2.05) is 6.08 Å². The minimum absolute atomic E-state index is 0.174. The van der Waals surface area contributed by atoms with Crippen LogP contribution in [0.4, 0.5) is 0 Å². The van der Waals surface area contributed by atoms with E-state index in [-0.39, 0.29) is 6.10 Å². The van der Waals surface area contributed by atoms with Crippen LogP contribution in [0, 0.1) is 17.8 Å². The van der Waals surface area contributed by atoms with Crippen LogP contribution in [0.3, 0.4) is 0 Å². The molecule has 0 heterocycles. The molecule has 1 nitrogen and oxygen atoms in total. The van der Waals surface area contributed by atoms with Crippen molar-refractivity contribution in [1.29, 1.82) is 0 Å². The maximum atomic E-state index is 9.71. The van der Waals surface area contributed by atoms with E-state index < -0.39 is 0 Å². The van der Waals surface area contributed by atoms with Gasteiger partial charge in [0, 0.05) is 0 Å². The summed E-state index contributed by atoms with van der Waals surface area (Å²) >= 11 is 0. The molecule has 0 fully saturated rings. The highest BCUT2D eigenvalue weighted by Crippen LogP contribution is 2.20. The van der Waals surface area contributed by atoms with Crippen LogP contribution in [0.1, 0.15) is 34.1 Å². The van der Waals surface area contributed by atoms with E-state index in [0.29, 0.717) is 17.8 Å². The number of aliphatic hydroxyl groups is 1. The lowest BCUT2D eigenvalue weighted by Gasteiger charge is -2.23. The van der Waals surface area contributed by atoms with Gasteiger partial charge in [0.05, 0.1) is 6.10 Å². The molecule has 1 heteroatoms. The van der Waals surface area contributed by atoms with Gasteiger partial charge in [-0.1, -0.05) is 33.8 Å². The first-order valence-electron chi connectivity index (χ1n) is 4.79. The molecule has 0 aromatic carbocycles. The quantitative estimate of drug-likeness (QED) is 0.629. The zero-order valence-electron chi connectivity index (χ0n) is 8.75. The van der Waals surface area contributed by atoms with Crippen molar-refractivity contribution >= 4 is 0 Å². The molecule has 0 aliphatic rings. The summed E-state index contributed by atoms with van der Waals surface area (Å²) in [6.07, 6.45) is 2.80. The molecule has 0 bridgehead atoms. The van der Waals surface area contributed by atoms with E-state index in [1.54, 1.807) is 0 Å². The van der Waals surface area contributed by atoms with Crippen molar-refractivity contribution in [3.05, 3.63) is 12.7 Å². The third-order valence-electron chi connectivity index (χ3n) is 2.41. The molecule has 1 N–H and O–H groups in total. The molecule has 0 amide bonds. The van der Waals surface area contributed by atoms with Crippen LogP contribution in [0.15, 0.2) is 12.7 Å². The maximum absolute atomic E-state index is 9.71. The van der Waals surface area contributed by atoms with Crippen molar-refractivity contribution in [3.63, 3.8) is 0 Å². The molecule has 0 aliphatic carbocycles. The second kappa shape index (κ2) is 5.36. The smallest absolute Gasteiger partial charge is 0.0588 e. The molecule has 0 saturated carbocycles. The molecule has 0 aromatic heterocycles. The lowest BCUT2D eigenvalue weighted by atomic mass is 9.88. The van der Waals surface area contributed by atoms with Crippen LogP contribution in [-0.2, 0) is 0 Å². The fourth-order valence-corrected chi connectivity index (χ4v) is 1.48. The molecular formula is C11H22O. The van der Waals surface area contributed by atoms with Crippen molar-refractivity contribution in [2.75, 3.05) is 0 Å². The molecule has 72 valence electrons. The Hall–Kier alpha value is -0.300. The monoisotopic (exact) mass is 170 g/mol. The highest BCUT2D eigenvalue weighted by molar-refractivity contribution is 4.79. The molecule has 0 radical (unpaired) electrons. The minimum atomic E-state index is -0.174. The standard InChI is InChI=1S/C11H22O/c1-6-9(4)7-10(5)11(12)8(2)3/h6,8-12H,1,7H2,2-5H3/t9-,10+,11+/m0/s1. The zero-order chi connectivity index (χ0) is 9.72. The average molecular weight is 170 g/mol. The SMILES string of the molecule is C=C[C@H](C)C[C@@H](C)[C@H](O)C(C)C. The minimum Gasteiger partial charge on any atom is -0.393 e. The van der Waals surface area contributed by atoms with Crippen LogP contribution in [0.2, 0.25) is 0 Å². The first-order valence-corrected chi connectivity index (χ1v) is 4.79. The van der Waals surface area contributed by atoms with Gasteiger partial charge in [-0.15, -0.1) is 6.58 Å². The van der Waals surface area contributed by atoms with E-state index >= 15 is 0 Å². The maximum Gasteiger partial charge on any atom is 0.0588 e. The van der Waals surface area contributed by atoms with Crippen LogP contribution >= 0.6 is 0 Å². The van der Waals surface area contributed by atoms with E-state index in [2.05, 4.69) is 34.3 Å². The summed E-state index contributed by atoms with van der Waals surface area (Å²) in [6.45, 7) is 12.1. The Morgan fingerprint density at radius 2 is 1.75 bits per heavy atom. The Labute approximate surface area is 76.5 Å². The summed E-state index contributed by atoms with van der Waals surface area (Å²) in [6, 6.07) is 0. The van der Waals surface area contributed by atoms with Gasteiger partial charge in [0.25, 0.3) is 0 Å². The zero-order valence-corrected chi connectivity index (χ0v) is 8.75. The van der Waals surface area contributed by atoms with Crippen LogP contribution in [0.5, 0.6) is 0 Å². The Balaban J connectivity index is 3.85. The number of allylic oxidation sites excluding steroid dienone is 1. The van der Waals surface area contributed by atoms with Gasteiger partial charge >= 0.3 is 0 Å². The third-order valence-corrected chi connectivity index (χ3v) is 2.41. The predicted octanol–water partition coefficient (Wildman–Crippen LogP) is 2.85. The molecule has 0 spiro atoms. The molecule has 0 aliphatic heterocycles. The van der Waals surface area contributed by atoms with Gasteiger partial charge in [-0.3, -0.25) is 0 Å². The Kier molecular flexibility index (Phi) is 5.23. The normalized spacial score (nSPS) is 18.8. The second-order valence-electron chi connectivity index (χ2n) is 4.16. The summed E-state index contributed by atoms with van der Waals surface area (Å²) in [4.78, 5) is 0. The van der Waals surface area contributed by atoms with Crippen molar-refractivity contribution in [2.24, 2.45) is 17.8 Å². The molecule has 0 unspecified atom stereocenters. The van der Waals surface area contributed by atoms with E-state index in [9.17, 15) is 5.11 Å². The predicted molar refractivity (Wildman–Crippen MR) is 54.0 cm³/mol. The first-order chi connectivity index (χ1) is 5.49. The van der Waals surface area contributed by atoms with Gasteiger partial charge in [-0.2, -0.15) is 0 Å². The topological polar surface area (TPSA) is 20.2 Å². The van der Waals surface area contributed by atoms with Crippen LogP contribution in [0.25, 0.3) is 0 Å².